The first-order chi connectivity index (χ1) is 10.6. The normalized spacial score (nSPS) is 17.5. The number of anilines is 1. The van der Waals surface area contributed by atoms with Crippen molar-refractivity contribution in [3.05, 3.63) is 64.1 Å². The Hall–Kier alpha value is -0.940. The van der Waals surface area contributed by atoms with E-state index >= 15 is 0 Å². The molecule has 0 amide bonds. The second-order valence-corrected chi connectivity index (χ2v) is 7.36. The molecule has 2 aromatic carbocycles. The number of nitrogens with zero attached hydrogens (tertiary/aromatic N) is 1. The average Bonchev–Trinajstić information content (AvgIpc) is 2.97. The van der Waals surface area contributed by atoms with Gasteiger partial charge in [0.25, 0.3) is 0 Å². The van der Waals surface area contributed by atoms with Crippen LogP contribution in [0.2, 0.25) is 10.0 Å². The van der Waals surface area contributed by atoms with Crippen LogP contribution in [-0.4, -0.2) is 22.3 Å². The van der Waals surface area contributed by atoms with Gasteiger partial charge in [0, 0.05) is 28.0 Å². The smallest absolute Gasteiger partial charge is 0.174 e. The monoisotopic (exact) mass is 368 g/mol. The molecule has 1 fully saturated rings. The van der Waals surface area contributed by atoms with Crippen LogP contribution in [0.25, 0.3) is 0 Å². The van der Waals surface area contributed by atoms with E-state index in [0.29, 0.717) is 10.1 Å². The van der Waals surface area contributed by atoms with Crippen LogP contribution in [0.15, 0.2) is 48.5 Å². The van der Waals surface area contributed by atoms with Crippen LogP contribution in [0.3, 0.4) is 0 Å². The standard InChI is InChI=1S/C16H14Cl2N2S2/c17-12-6-4-11(5-7-12)15-20(8-9-22-15)16(21)19-14-3-1-2-13(18)10-14/h1-7,10,15H,8-9H2,(H,19,21)/t15-/m1/s1. The molecule has 0 radical (unpaired) electrons. The van der Waals surface area contributed by atoms with Crippen LogP contribution in [-0.2, 0) is 0 Å². The minimum atomic E-state index is 0.219. The number of hydrogen-bond acceptors (Lipinski definition) is 2. The third-order valence-electron chi connectivity index (χ3n) is 3.38. The van der Waals surface area contributed by atoms with E-state index in [-0.39, 0.29) is 5.37 Å². The topological polar surface area (TPSA) is 15.3 Å². The van der Waals surface area contributed by atoms with Gasteiger partial charge in [-0.25, -0.2) is 0 Å². The summed E-state index contributed by atoms with van der Waals surface area (Å²) >= 11 is 19.4. The summed E-state index contributed by atoms with van der Waals surface area (Å²) in [7, 11) is 0. The number of benzene rings is 2. The molecule has 0 aliphatic carbocycles. The van der Waals surface area contributed by atoms with Crippen LogP contribution >= 0.6 is 47.2 Å². The first kappa shape index (κ1) is 15.9. The second kappa shape index (κ2) is 7.09. The van der Waals surface area contributed by atoms with Gasteiger partial charge >= 0.3 is 0 Å². The van der Waals surface area contributed by atoms with Gasteiger partial charge in [0.05, 0.1) is 0 Å². The van der Waals surface area contributed by atoms with Crippen LogP contribution in [0.5, 0.6) is 0 Å². The van der Waals surface area contributed by atoms with Gasteiger partial charge in [-0.2, -0.15) is 0 Å². The molecule has 0 spiro atoms. The van der Waals surface area contributed by atoms with Crippen molar-refractivity contribution in [3.63, 3.8) is 0 Å². The molecule has 1 atom stereocenters. The highest BCUT2D eigenvalue weighted by Crippen LogP contribution is 2.38. The second-order valence-electron chi connectivity index (χ2n) is 4.91. The Morgan fingerprint density at radius 1 is 1.14 bits per heavy atom. The van der Waals surface area contributed by atoms with E-state index in [4.69, 9.17) is 35.4 Å². The Kier molecular flexibility index (Phi) is 5.14. The Bertz CT molecular complexity index is 676. The van der Waals surface area contributed by atoms with Crippen molar-refractivity contribution in [2.75, 3.05) is 17.6 Å². The van der Waals surface area contributed by atoms with Gasteiger partial charge in [0.1, 0.15) is 5.37 Å². The van der Waals surface area contributed by atoms with Gasteiger partial charge < -0.3 is 10.2 Å². The predicted octanol–water partition coefficient (Wildman–Crippen LogP) is 5.44. The van der Waals surface area contributed by atoms with Crippen molar-refractivity contribution in [2.45, 2.75) is 5.37 Å². The van der Waals surface area contributed by atoms with Crippen molar-refractivity contribution in [1.29, 1.82) is 0 Å². The van der Waals surface area contributed by atoms with E-state index < -0.39 is 0 Å². The average molecular weight is 369 g/mol. The Morgan fingerprint density at radius 3 is 2.64 bits per heavy atom. The molecule has 2 aromatic rings. The molecular weight excluding hydrogens is 355 g/mol. The summed E-state index contributed by atoms with van der Waals surface area (Å²) in [5, 5.41) is 5.64. The highest BCUT2D eigenvalue weighted by Gasteiger charge is 2.28. The number of halogens is 2. The molecule has 0 bridgehead atoms. The fourth-order valence-corrected chi connectivity index (χ4v) is 4.31. The van der Waals surface area contributed by atoms with Crippen molar-refractivity contribution in [1.82, 2.24) is 4.90 Å². The molecule has 2 nitrogen and oxygen atoms in total. The van der Waals surface area contributed by atoms with E-state index in [1.807, 2.05) is 48.2 Å². The first-order valence-corrected chi connectivity index (χ1v) is 9.05. The predicted molar refractivity (Wildman–Crippen MR) is 101 cm³/mol. The van der Waals surface area contributed by atoms with E-state index in [2.05, 4.69) is 22.3 Å². The van der Waals surface area contributed by atoms with Gasteiger partial charge in [-0.1, -0.05) is 41.4 Å². The molecule has 6 heteroatoms. The largest absolute Gasteiger partial charge is 0.333 e. The van der Waals surface area contributed by atoms with E-state index in [9.17, 15) is 0 Å². The zero-order valence-corrected chi connectivity index (χ0v) is 14.8. The number of thiocarbonyl (C=S) groups is 1. The van der Waals surface area contributed by atoms with Crippen LogP contribution < -0.4 is 5.32 Å². The molecule has 1 aliphatic rings. The van der Waals surface area contributed by atoms with Gasteiger partial charge in [0.15, 0.2) is 5.11 Å². The zero-order chi connectivity index (χ0) is 15.5. The molecule has 3 rings (SSSR count). The van der Waals surface area contributed by atoms with Gasteiger partial charge in [-0.15, -0.1) is 11.8 Å². The molecule has 22 heavy (non-hydrogen) atoms. The summed E-state index contributed by atoms with van der Waals surface area (Å²) in [5.74, 6) is 1.05. The van der Waals surface area contributed by atoms with E-state index in [1.54, 1.807) is 0 Å². The fraction of sp³-hybridized carbons (Fsp3) is 0.188. The Morgan fingerprint density at radius 2 is 1.91 bits per heavy atom. The molecule has 114 valence electrons. The summed E-state index contributed by atoms with van der Waals surface area (Å²) < 4.78 is 0. The minimum absolute atomic E-state index is 0.219. The maximum Gasteiger partial charge on any atom is 0.174 e. The summed E-state index contributed by atoms with van der Waals surface area (Å²) in [5.41, 5.74) is 2.12. The summed E-state index contributed by atoms with van der Waals surface area (Å²) in [6.07, 6.45) is 0. The number of thioether (sulfide) groups is 1. The lowest BCUT2D eigenvalue weighted by atomic mass is 10.2. The van der Waals surface area contributed by atoms with Crippen LogP contribution in [0.1, 0.15) is 10.9 Å². The molecule has 0 aromatic heterocycles. The maximum absolute atomic E-state index is 6.01. The Balaban J connectivity index is 1.75. The lowest BCUT2D eigenvalue weighted by Gasteiger charge is -2.27. The van der Waals surface area contributed by atoms with Crippen molar-refractivity contribution in [3.8, 4) is 0 Å². The number of hydrogen-bond donors (Lipinski definition) is 1. The molecular formula is C16H14Cl2N2S2. The quantitative estimate of drug-likeness (QED) is 0.709. The summed E-state index contributed by atoms with van der Waals surface area (Å²) in [6, 6.07) is 15.5. The van der Waals surface area contributed by atoms with Gasteiger partial charge in [-0.3, -0.25) is 0 Å². The lowest BCUT2D eigenvalue weighted by molar-refractivity contribution is 0.458. The molecule has 0 unspecified atom stereocenters. The number of rotatable bonds is 2. The lowest BCUT2D eigenvalue weighted by Crippen LogP contribution is -2.34. The molecule has 1 N–H and O–H groups in total. The van der Waals surface area contributed by atoms with Gasteiger partial charge in [-0.05, 0) is 48.1 Å². The summed E-state index contributed by atoms with van der Waals surface area (Å²) in [6.45, 7) is 0.921. The fourth-order valence-electron chi connectivity index (χ4n) is 2.34. The highest BCUT2D eigenvalue weighted by molar-refractivity contribution is 7.99. The van der Waals surface area contributed by atoms with Gasteiger partial charge in [0.2, 0.25) is 0 Å². The molecule has 1 saturated heterocycles. The minimum Gasteiger partial charge on any atom is -0.333 e. The van der Waals surface area contributed by atoms with Crippen molar-refractivity contribution >= 4 is 58.0 Å². The van der Waals surface area contributed by atoms with E-state index in [1.165, 1.54) is 5.56 Å². The zero-order valence-electron chi connectivity index (χ0n) is 11.6. The maximum atomic E-state index is 6.01. The molecule has 1 heterocycles. The molecule has 0 saturated carbocycles. The third kappa shape index (κ3) is 3.69. The SMILES string of the molecule is S=C(Nc1cccc(Cl)c1)N1CCS[C@@H]1c1ccc(Cl)cc1. The summed E-state index contributed by atoms with van der Waals surface area (Å²) in [4.78, 5) is 2.20. The van der Waals surface area contributed by atoms with Crippen LogP contribution in [0.4, 0.5) is 5.69 Å². The van der Waals surface area contributed by atoms with E-state index in [0.717, 1.165) is 23.0 Å². The van der Waals surface area contributed by atoms with Crippen molar-refractivity contribution < 1.29 is 0 Å². The molecule has 1 aliphatic heterocycles. The third-order valence-corrected chi connectivity index (χ3v) is 5.47. The van der Waals surface area contributed by atoms with Crippen LogP contribution in [0, 0.1) is 0 Å². The first-order valence-electron chi connectivity index (χ1n) is 6.84. The Labute approximate surface area is 149 Å². The van der Waals surface area contributed by atoms with Crippen molar-refractivity contribution in [2.24, 2.45) is 0 Å². The highest BCUT2D eigenvalue weighted by atomic mass is 35.5. The number of nitrogens with one attached hydrogen (secondary N) is 1.